The predicted octanol–water partition coefficient (Wildman–Crippen LogP) is 1.75. The van der Waals surface area contributed by atoms with Crippen LogP contribution in [0.1, 0.15) is 25.7 Å². The summed E-state index contributed by atoms with van der Waals surface area (Å²) >= 11 is 11.3. The average Bonchev–Trinajstić information content (AvgIpc) is 2.10. The first-order valence-corrected chi connectivity index (χ1v) is 5.18. The first-order chi connectivity index (χ1) is 5.72. The molecule has 0 rings (SSSR count). The fourth-order valence-corrected chi connectivity index (χ4v) is 1.38. The molecule has 0 spiro atoms. The molecule has 0 heterocycles. The summed E-state index contributed by atoms with van der Waals surface area (Å²) in [4.78, 5) is 0. The van der Waals surface area contributed by atoms with Gasteiger partial charge in [0.2, 0.25) is 0 Å². The number of rotatable bonds is 7. The first kappa shape index (κ1) is 12.5. The third kappa shape index (κ3) is 6.06. The lowest BCUT2D eigenvalue weighted by Crippen LogP contribution is -2.21. The Bertz CT molecular complexity index is 89.1. The topological polar surface area (TPSA) is 40.5 Å². The van der Waals surface area contributed by atoms with E-state index in [9.17, 15) is 5.11 Å². The molecule has 0 radical (unpaired) electrons. The lowest BCUT2D eigenvalue weighted by molar-refractivity contribution is 0.151. The molecule has 0 fully saturated rings. The van der Waals surface area contributed by atoms with Crippen molar-refractivity contribution in [3.05, 3.63) is 0 Å². The summed E-state index contributed by atoms with van der Waals surface area (Å²) in [5, 5.41) is 17.7. The maximum absolute atomic E-state index is 9.40. The molecule has 0 aliphatic rings. The summed E-state index contributed by atoms with van der Waals surface area (Å²) in [6.07, 6.45) is 2.24. The second kappa shape index (κ2) is 8.11. The number of aliphatic hydroxyl groups excluding tert-OH is 2. The molecule has 0 aliphatic carbocycles. The van der Waals surface area contributed by atoms with E-state index in [0.717, 1.165) is 6.42 Å². The lowest BCUT2D eigenvalue weighted by atomic mass is 10.1. The van der Waals surface area contributed by atoms with E-state index in [-0.39, 0.29) is 12.0 Å². The van der Waals surface area contributed by atoms with Crippen LogP contribution >= 0.6 is 23.2 Å². The van der Waals surface area contributed by atoms with Gasteiger partial charge in [0.15, 0.2) is 0 Å². The van der Waals surface area contributed by atoms with Gasteiger partial charge in [-0.15, -0.1) is 23.2 Å². The second-order valence-corrected chi connectivity index (χ2v) is 3.72. The molecule has 2 N–H and O–H groups in total. The highest BCUT2D eigenvalue weighted by atomic mass is 35.5. The van der Waals surface area contributed by atoms with Gasteiger partial charge in [0, 0.05) is 12.5 Å². The molecule has 74 valence electrons. The average molecular weight is 215 g/mol. The van der Waals surface area contributed by atoms with Crippen LogP contribution in [-0.2, 0) is 0 Å². The van der Waals surface area contributed by atoms with Crippen LogP contribution in [0.3, 0.4) is 0 Å². The van der Waals surface area contributed by atoms with Gasteiger partial charge in [-0.2, -0.15) is 0 Å². The first-order valence-electron chi connectivity index (χ1n) is 4.21. The molecule has 0 aromatic carbocycles. The zero-order valence-electron chi connectivity index (χ0n) is 7.05. The van der Waals surface area contributed by atoms with Crippen molar-refractivity contribution in [2.45, 2.75) is 37.2 Å². The van der Waals surface area contributed by atoms with E-state index in [0.29, 0.717) is 25.1 Å². The van der Waals surface area contributed by atoms with E-state index in [1.807, 2.05) is 0 Å². The molecule has 0 aromatic rings. The van der Waals surface area contributed by atoms with Gasteiger partial charge in [-0.3, -0.25) is 0 Å². The molecular weight excluding hydrogens is 199 g/mol. The Balaban J connectivity index is 3.39. The summed E-state index contributed by atoms with van der Waals surface area (Å²) < 4.78 is 0. The van der Waals surface area contributed by atoms with Crippen molar-refractivity contribution in [3.63, 3.8) is 0 Å². The van der Waals surface area contributed by atoms with Crippen molar-refractivity contribution in [2.24, 2.45) is 0 Å². The zero-order valence-corrected chi connectivity index (χ0v) is 8.56. The summed E-state index contributed by atoms with van der Waals surface area (Å²) in [6, 6.07) is 0. The fourth-order valence-electron chi connectivity index (χ4n) is 0.946. The normalized spacial score (nSPS) is 16.0. The number of hydrogen-bond acceptors (Lipinski definition) is 2. The molecule has 4 heteroatoms. The Labute approximate surface area is 83.5 Å². The van der Waals surface area contributed by atoms with Gasteiger partial charge in [-0.25, -0.2) is 0 Å². The van der Waals surface area contributed by atoms with Crippen molar-refractivity contribution in [2.75, 3.05) is 12.5 Å². The standard InChI is InChI=1S/C8H16Cl2O2/c9-5-1-4-8(12)7(10)3-2-6-11/h7-8,11-12H,1-6H2. The van der Waals surface area contributed by atoms with Crippen LogP contribution in [-0.4, -0.2) is 34.2 Å². The summed E-state index contributed by atoms with van der Waals surface area (Å²) in [6.45, 7) is 0.130. The fraction of sp³-hybridized carbons (Fsp3) is 1.00. The quantitative estimate of drug-likeness (QED) is 0.635. The number of halogens is 2. The molecule has 2 atom stereocenters. The molecule has 0 amide bonds. The second-order valence-electron chi connectivity index (χ2n) is 2.78. The van der Waals surface area contributed by atoms with Crippen LogP contribution in [0, 0.1) is 0 Å². The van der Waals surface area contributed by atoms with Gasteiger partial charge in [0.1, 0.15) is 0 Å². The van der Waals surface area contributed by atoms with E-state index in [2.05, 4.69) is 0 Å². The van der Waals surface area contributed by atoms with Crippen LogP contribution in [0.4, 0.5) is 0 Å². The predicted molar refractivity (Wildman–Crippen MR) is 51.9 cm³/mol. The van der Waals surface area contributed by atoms with Crippen molar-refractivity contribution >= 4 is 23.2 Å². The van der Waals surface area contributed by atoms with Crippen LogP contribution < -0.4 is 0 Å². The van der Waals surface area contributed by atoms with Crippen molar-refractivity contribution in [1.82, 2.24) is 0 Å². The number of aliphatic hydroxyl groups is 2. The minimum atomic E-state index is -0.489. The van der Waals surface area contributed by atoms with E-state index in [1.54, 1.807) is 0 Å². The Kier molecular flexibility index (Phi) is 8.45. The van der Waals surface area contributed by atoms with Crippen LogP contribution in [0.2, 0.25) is 0 Å². The van der Waals surface area contributed by atoms with Gasteiger partial charge < -0.3 is 10.2 Å². The molecule has 12 heavy (non-hydrogen) atoms. The minimum absolute atomic E-state index is 0.130. The van der Waals surface area contributed by atoms with E-state index < -0.39 is 6.10 Å². The molecular formula is C8H16Cl2O2. The lowest BCUT2D eigenvalue weighted by Gasteiger charge is -2.15. The Morgan fingerprint density at radius 3 is 2.33 bits per heavy atom. The SMILES string of the molecule is OCCCC(Cl)C(O)CCCCl. The third-order valence-electron chi connectivity index (χ3n) is 1.69. The van der Waals surface area contributed by atoms with Gasteiger partial charge in [0.05, 0.1) is 11.5 Å². The summed E-state index contributed by atoms with van der Waals surface area (Å²) in [5.74, 6) is 0.556. The Morgan fingerprint density at radius 1 is 1.17 bits per heavy atom. The molecule has 0 aliphatic heterocycles. The minimum Gasteiger partial charge on any atom is -0.396 e. The van der Waals surface area contributed by atoms with Crippen molar-refractivity contribution in [3.8, 4) is 0 Å². The van der Waals surface area contributed by atoms with Gasteiger partial charge >= 0.3 is 0 Å². The van der Waals surface area contributed by atoms with Crippen LogP contribution in [0.15, 0.2) is 0 Å². The monoisotopic (exact) mass is 214 g/mol. The molecule has 0 aromatic heterocycles. The Hall–Kier alpha value is 0.500. The van der Waals surface area contributed by atoms with E-state index >= 15 is 0 Å². The molecule has 2 nitrogen and oxygen atoms in total. The van der Waals surface area contributed by atoms with Crippen molar-refractivity contribution < 1.29 is 10.2 Å². The van der Waals surface area contributed by atoms with Crippen molar-refractivity contribution in [1.29, 1.82) is 0 Å². The summed E-state index contributed by atoms with van der Waals surface area (Å²) in [7, 11) is 0. The zero-order chi connectivity index (χ0) is 9.40. The number of alkyl halides is 2. The van der Waals surface area contributed by atoms with Gasteiger partial charge in [0.25, 0.3) is 0 Å². The molecule has 2 unspecified atom stereocenters. The highest BCUT2D eigenvalue weighted by Gasteiger charge is 2.14. The molecule has 0 saturated heterocycles. The summed E-state index contributed by atoms with van der Waals surface area (Å²) in [5.41, 5.74) is 0. The van der Waals surface area contributed by atoms with E-state index in [1.165, 1.54) is 0 Å². The Morgan fingerprint density at radius 2 is 1.83 bits per heavy atom. The maximum atomic E-state index is 9.40. The number of hydrogen-bond donors (Lipinski definition) is 2. The van der Waals surface area contributed by atoms with Crippen LogP contribution in [0.25, 0.3) is 0 Å². The third-order valence-corrected chi connectivity index (χ3v) is 2.47. The molecule has 0 saturated carbocycles. The maximum Gasteiger partial charge on any atom is 0.0704 e. The van der Waals surface area contributed by atoms with Gasteiger partial charge in [-0.05, 0) is 25.7 Å². The highest BCUT2D eigenvalue weighted by molar-refractivity contribution is 6.21. The van der Waals surface area contributed by atoms with Crippen LogP contribution in [0.5, 0.6) is 0 Å². The highest BCUT2D eigenvalue weighted by Crippen LogP contribution is 2.14. The molecule has 0 bridgehead atoms. The van der Waals surface area contributed by atoms with Gasteiger partial charge in [-0.1, -0.05) is 0 Å². The largest absolute Gasteiger partial charge is 0.396 e. The van der Waals surface area contributed by atoms with E-state index in [4.69, 9.17) is 28.3 Å². The smallest absolute Gasteiger partial charge is 0.0704 e.